The Hall–Kier alpha value is 0.0200. The molecule has 72 valence electrons. The van der Waals surface area contributed by atoms with Gasteiger partial charge < -0.3 is 4.74 Å². The van der Waals surface area contributed by atoms with Gasteiger partial charge in [0.05, 0.1) is 4.47 Å². The van der Waals surface area contributed by atoms with Crippen molar-refractivity contribution in [2.45, 2.75) is 6.36 Å². The molecular weight excluding hydrogens is 364 g/mol. The van der Waals surface area contributed by atoms with E-state index in [1.54, 1.807) is 6.07 Å². The van der Waals surface area contributed by atoms with E-state index in [1.165, 1.54) is 12.1 Å². The molecule has 1 aromatic carbocycles. The smallest absolute Gasteiger partial charge is 0.405 e. The summed E-state index contributed by atoms with van der Waals surface area (Å²) in [6.07, 6.45) is -4.65. The van der Waals surface area contributed by atoms with Crippen LogP contribution in [0.5, 0.6) is 5.75 Å². The van der Waals surface area contributed by atoms with Crippen molar-refractivity contribution in [2.75, 3.05) is 0 Å². The fraction of sp³-hybridized carbons (Fsp3) is 0.143. The molecule has 1 aromatic rings. The molecule has 0 saturated carbocycles. The molecule has 0 bridgehead atoms. The predicted octanol–water partition coefficient (Wildman–Crippen LogP) is 3.95. The van der Waals surface area contributed by atoms with Gasteiger partial charge in [-0.05, 0) is 50.7 Å². The van der Waals surface area contributed by atoms with E-state index in [1.807, 2.05) is 22.6 Å². The molecule has 0 fully saturated rings. The Bertz CT molecular complexity index is 313. The molecule has 0 aromatic heterocycles. The molecule has 0 heterocycles. The molecule has 0 aliphatic carbocycles. The number of halogens is 5. The van der Waals surface area contributed by atoms with Crippen LogP contribution in [0.15, 0.2) is 22.7 Å². The second kappa shape index (κ2) is 4.04. The van der Waals surface area contributed by atoms with Crippen LogP contribution in [0.25, 0.3) is 0 Å². The van der Waals surface area contributed by atoms with Crippen molar-refractivity contribution in [1.82, 2.24) is 0 Å². The zero-order valence-corrected chi connectivity index (χ0v) is 9.77. The van der Waals surface area contributed by atoms with Crippen molar-refractivity contribution < 1.29 is 17.9 Å². The lowest BCUT2D eigenvalue weighted by molar-refractivity contribution is -0.274. The standard InChI is InChI=1S/C7H3BrF3IO/c8-6-4(12)2-1-3-5(6)13-7(9,10)11/h1-3H. The zero-order chi connectivity index (χ0) is 10.1. The molecule has 0 spiro atoms. The summed E-state index contributed by atoms with van der Waals surface area (Å²) in [5, 5.41) is 0. The Labute approximate surface area is 94.5 Å². The molecule has 0 radical (unpaired) electrons. The third-order valence-electron chi connectivity index (χ3n) is 1.14. The molecule has 6 heteroatoms. The maximum atomic E-state index is 11.8. The SMILES string of the molecule is FC(F)(F)Oc1cccc(I)c1Br. The lowest BCUT2D eigenvalue weighted by atomic mass is 10.3. The summed E-state index contributed by atoms with van der Waals surface area (Å²) in [5.41, 5.74) is 0. The molecule has 1 rings (SSSR count). The molecule has 0 aliphatic heterocycles. The minimum absolute atomic E-state index is 0.223. The number of hydrogen-bond acceptors (Lipinski definition) is 1. The Balaban J connectivity index is 2.96. The summed E-state index contributed by atoms with van der Waals surface area (Å²) in [6.45, 7) is 0. The maximum absolute atomic E-state index is 11.8. The van der Waals surface area contributed by atoms with Gasteiger partial charge in [0.25, 0.3) is 0 Å². The maximum Gasteiger partial charge on any atom is 0.573 e. The quantitative estimate of drug-likeness (QED) is 0.684. The largest absolute Gasteiger partial charge is 0.573 e. The average Bonchev–Trinajstić information content (AvgIpc) is 1.96. The van der Waals surface area contributed by atoms with E-state index in [0.717, 1.165) is 0 Å². The van der Waals surface area contributed by atoms with Crippen molar-refractivity contribution in [3.8, 4) is 5.75 Å². The van der Waals surface area contributed by atoms with Gasteiger partial charge in [-0.15, -0.1) is 13.2 Å². The Morgan fingerprint density at radius 2 is 1.92 bits per heavy atom. The molecule has 1 nitrogen and oxygen atoms in total. The van der Waals surface area contributed by atoms with E-state index in [0.29, 0.717) is 8.04 Å². The van der Waals surface area contributed by atoms with Crippen LogP contribution in [0.2, 0.25) is 0 Å². The minimum Gasteiger partial charge on any atom is -0.405 e. The Morgan fingerprint density at radius 3 is 2.46 bits per heavy atom. The fourth-order valence-electron chi connectivity index (χ4n) is 0.688. The molecule has 0 N–H and O–H groups in total. The number of alkyl halides is 3. The lowest BCUT2D eigenvalue weighted by Crippen LogP contribution is -2.17. The molecule has 0 saturated heterocycles. The van der Waals surface area contributed by atoms with Gasteiger partial charge in [-0.3, -0.25) is 0 Å². The van der Waals surface area contributed by atoms with Crippen LogP contribution in [-0.4, -0.2) is 6.36 Å². The van der Waals surface area contributed by atoms with E-state index in [-0.39, 0.29) is 5.75 Å². The molecule has 0 amide bonds. The van der Waals surface area contributed by atoms with Crippen molar-refractivity contribution in [1.29, 1.82) is 0 Å². The van der Waals surface area contributed by atoms with Crippen LogP contribution in [0.3, 0.4) is 0 Å². The normalized spacial score (nSPS) is 11.5. The second-order valence-electron chi connectivity index (χ2n) is 2.10. The third kappa shape index (κ3) is 3.34. The van der Waals surface area contributed by atoms with Crippen molar-refractivity contribution >= 4 is 38.5 Å². The van der Waals surface area contributed by atoms with E-state index < -0.39 is 6.36 Å². The van der Waals surface area contributed by atoms with Crippen LogP contribution >= 0.6 is 38.5 Å². The van der Waals surface area contributed by atoms with Crippen LogP contribution in [-0.2, 0) is 0 Å². The summed E-state index contributed by atoms with van der Waals surface area (Å²) in [4.78, 5) is 0. The van der Waals surface area contributed by atoms with Gasteiger partial charge in [0.1, 0.15) is 5.75 Å². The highest BCUT2D eigenvalue weighted by Gasteiger charge is 2.32. The third-order valence-corrected chi connectivity index (χ3v) is 3.60. The van der Waals surface area contributed by atoms with Crippen LogP contribution in [0.1, 0.15) is 0 Å². The van der Waals surface area contributed by atoms with Gasteiger partial charge >= 0.3 is 6.36 Å². The van der Waals surface area contributed by atoms with Crippen LogP contribution in [0.4, 0.5) is 13.2 Å². The van der Waals surface area contributed by atoms with Gasteiger partial charge in [-0.2, -0.15) is 0 Å². The number of rotatable bonds is 1. The highest BCUT2D eigenvalue weighted by Crippen LogP contribution is 2.33. The van der Waals surface area contributed by atoms with Gasteiger partial charge in [0, 0.05) is 3.57 Å². The summed E-state index contributed by atoms with van der Waals surface area (Å²) < 4.78 is 40.2. The number of ether oxygens (including phenoxy) is 1. The monoisotopic (exact) mass is 366 g/mol. The first-order valence-electron chi connectivity index (χ1n) is 3.10. The van der Waals surface area contributed by atoms with E-state index in [2.05, 4.69) is 20.7 Å². The summed E-state index contributed by atoms with van der Waals surface area (Å²) in [7, 11) is 0. The highest BCUT2D eigenvalue weighted by molar-refractivity contribution is 14.1. The first kappa shape index (κ1) is 11.1. The molecule has 0 atom stereocenters. The molecular formula is C7H3BrF3IO. The number of hydrogen-bond donors (Lipinski definition) is 0. The molecule has 0 aliphatic rings. The predicted molar refractivity (Wildman–Crippen MR) is 53.5 cm³/mol. The van der Waals surface area contributed by atoms with Crippen molar-refractivity contribution in [3.63, 3.8) is 0 Å². The van der Waals surface area contributed by atoms with E-state index in [4.69, 9.17) is 0 Å². The Kier molecular flexibility index (Phi) is 3.44. The fourth-order valence-corrected chi connectivity index (χ4v) is 1.51. The summed E-state index contributed by atoms with van der Waals surface area (Å²) >= 11 is 4.91. The van der Waals surface area contributed by atoms with Gasteiger partial charge in [-0.25, -0.2) is 0 Å². The topological polar surface area (TPSA) is 9.23 Å². The van der Waals surface area contributed by atoms with E-state index in [9.17, 15) is 13.2 Å². The van der Waals surface area contributed by atoms with Crippen LogP contribution in [0, 0.1) is 3.57 Å². The second-order valence-corrected chi connectivity index (χ2v) is 4.05. The first-order valence-corrected chi connectivity index (χ1v) is 4.97. The first-order chi connectivity index (χ1) is 5.90. The lowest BCUT2D eigenvalue weighted by Gasteiger charge is -2.10. The molecule has 13 heavy (non-hydrogen) atoms. The summed E-state index contributed by atoms with van der Waals surface area (Å²) in [5.74, 6) is -0.223. The van der Waals surface area contributed by atoms with Crippen molar-refractivity contribution in [3.05, 3.63) is 26.2 Å². The zero-order valence-electron chi connectivity index (χ0n) is 6.03. The van der Waals surface area contributed by atoms with Gasteiger partial charge in [0.2, 0.25) is 0 Å². The van der Waals surface area contributed by atoms with Crippen LogP contribution < -0.4 is 4.74 Å². The van der Waals surface area contributed by atoms with Gasteiger partial charge in [0.15, 0.2) is 0 Å². The minimum atomic E-state index is -4.65. The summed E-state index contributed by atoms with van der Waals surface area (Å²) in [6, 6.07) is 4.42. The number of benzene rings is 1. The van der Waals surface area contributed by atoms with E-state index >= 15 is 0 Å². The van der Waals surface area contributed by atoms with Crippen molar-refractivity contribution in [2.24, 2.45) is 0 Å². The Morgan fingerprint density at radius 1 is 1.31 bits per heavy atom. The molecule has 0 unspecified atom stereocenters. The highest BCUT2D eigenvalue weighted by atomic mass is 127. The average molecular weight is 367 g/mol. The van der Waals surface area contributed by atoms with Gasteiger partial charge in [-0.1, -0.05) is 6.07 Å².